The van der Waals surface area contributed by atoms with Crippen LogP contribution in [0.15, 0.2) is 89.3 Å². The summed E-state index contributed by atoms with van der Waals surface area (Å²) in [6.07, 6.45) is 5.53. The Hall–Kier alpha value is -5.39. The van der Waals surface area contributed by atoms with Crippen molar-refractivity contribution in [2.45, 2.75) is 63.0 Å². The number of nitrogens with one attached hydrogen (secondary N) is 3. The molecule has 4 aromatic carbocycles. The number of nitro groups is 1. The summed E-state index contributed by atoms with van der Waals surface area (Å²) in [5, 5.41) is 27.2. The monoisotopic (exact) mass is 893 g/mol. The van der Waals surface area contributed by atoms with E-state index in [1.165, 1.54) is 47.8 Å². The molecule has 2 aliphatic heterocycles. The standard InChI is InChI=1S/C46H52ClN9O6S/c1-46(2)17-16-31(38(26-46)30-6-8-32(47)9-7-30)28-53-18-20-54(21-19-53)34-12-14-37(43(24-34)62-42-5-3-4-40-44(42)50-52-49-40)45(57)51-63(60)36-13-15-39(41(25-36)56(58)59)48-27-35-29-55(22-23-61-35)33-10-11-33/h3-9,12-15,24-25,33,35,48H,10-11,16-23,26-29H2,1-2H3,(H,51,57)(H,49,50,52)/t35-,63?/m0/s1. The van der Waals surface area contributed by atoms with Gasteiger partial charge >= 0.3 is 0 Å². The van der Waals surface area contributed by atoms with Crippen molar-refractivity contribution in [3.63, 3.8) is 0 Å². The summed E-state index contributed by atoms with van der Waals surface area (Å²) >= 11 is 6.25. The van der Waals surface area contributed by atoms with Crippen LogP contribution in [0, 0.1) is 15.5 Å². The van der Waals surface area contributed by atoms with Gasteiger partial charge in [0, 0.05) is 81.2 Å². The number of aromatic amines is 1. The summed E-state index contributed by atoms with van der Waals surface area (Å²) in [5.74, 6) is -0.0541. The van der Waals surface area contributed by atoms with E-state index in [-0.39, 0.29) is 39.1 Å². The van der Waals surface area contributed by atoms with Crippen molar-refractivity contribution in [2.75, 3.05) is 69.2 Å². The van der Waals surface area contributed by atoms with E-state index in [0.717, 1.165) is 75.8 Å². The lowest BCUT2D eigenvalue weighted by atomic mass is 9.72. The molecule has 17 heteroatoms. The third-order valence-electron chi connectivity index (χ3n) is 12.6. The Morgan fingerprint density at radius 3 is 2.60 bits per heavy atom. The second-order valence-corrected chi connectivity index (χ2v) is 19.3. The Balaban J connectivity index is 0.903. The van der Waals surface area contributed by atoms with Gasteiger partial charge in [0.25, 0.3) is 11.6 Å². The second-order valence-electron chi connectivity index (χ2n) is 17.7. The van der Waals surface area contributed by atoms with E-state index in [1.54, 1.807) is 24.3 Å². The zero-order valence-electron chi connectivity index (χ0n) is 35.5. The van der Waals surface area contributed by atoms with Crippen molar-refractivity contribution in [1.82, 2.24) is 29.9 Å². The van der Waals surface area contributed by atoms with Crippen LogP contribution in [0.1, 0.15) is 61.9 Å². The Bertz CT molecular complexity index is 2560. The van der Waals surface area contributed by atoms with Crippen LogP contribution in [0.5, 0.6) is 11.5 Å². The van der Waals surface area contributed by atoms with Gasteiger partial charge in [-0.1, -0.05) is 49.2 Å². The number of benzene rings is 4. The van der Waals surface area contributed by atoms with E-state index in [4.69, 9.17) is 21.1 Å². The molecule has 9 rings (SSSR count). The Morgan fingerprint density at radius 1 is 1.02 bits per heavy atom. The van der Waals surface area contributed by atoms with Crippen molar-refractivity contribution >= 4 is 62.2 Å². The topological polar surface area (TPSA) is 171 Å². The summed E-state index contributed by atoms with van der Waals surface area (Å²) in [7, 11) is -2.14. The van der Waals surface area contributed by atoms with Crippen LogP contribution in [0.2, 0.25) is 5.02 Å². The minimum absolute atomic E-state index is 0.0757. The first-order valence-electron chi connectivity index (χ1n) is 21.6. The SMILES string of the molecule is CC1(C)CCC(CN2CCN(c3ccc(C(=O)NS(=O)c4ccc(NC[C@H]5CN(C6CC6)CCO5)c([N+](=O)[O-])c4)c(Oc4cccc5n[nH]nc45)c3)CC2)=C(c2ccc(Cl)cc2)C1. The summed E-state index contributed by atoms with van der Waals surface area (Å²) in [5.41, 5.74) is 6.51. The average molecular weight is 894 g/mol. The highest BCUT2D eigenvalue weighted by molar-refractivity contribution is 7.83. The summed E-state index contributed by atoms with van der Waals surface area (Å²) in [4.78, 5) is 32.9. The number of nitrogens with zero attached hydrogens (tertiary/aromatic N) is 6. The number of ether oxygens (including phenoxy) is 2. The number of hydrogen-bond acceptors (Lipinski definition) is 12. The number of fused-ring (bicyclic) bond motifs is 1. The highest BCUT2D eigenvalue weighted by atomic mass is 35.5. The number of morpholine rings is 1. The molecule has 2 atom stereocenters. The van der Waals surface area contributed by atoms with Crippen molar-refractivity contribution in [3.8, 4) is 11.5 Å². The third kappa shape index (κ3) is 10.0. The zero-order valence-corrected chi connectivity index (χ0v) is 37.1. The molecule has 1 unspecified atom stereocenters. The molecule has 0 bridgehead atoms. The van der Waals surface area contributed by atoms with Gasteiger partial charge in [0.15, 0.2) is 22.3 Å². The van der Waals surface area contributed by atoms with Crippen LogP contribution in [-0.2, 0) is 15.7 Å². The molecule has 5 aromatic rings. The van der Waals surface area contributed by atoms with E-state index in [0.29, 0.717) is 36.0 Å². The number of anilines is 2. The van der Waals surface area contributed by atoms with E-state index in [9.17, 15) is 19.1 Å². The molecule has 330 valence electrons. The molecule has 3 fully saturated rings. The Labute approximate surface area is 373 Å². The molecule has 3 heterocycles. The van der Waals surface area contributed by atoms with Crippen LogP contribution < -0.4 is 19.7 Å². The van der Waals surface area contributed by atoms with Gasteiger partial charge in [0.2, 0.25) is 0 Å². The first-order valence-corrected chi connectivity index (χ1v) is 23.2. The van der Waals surface area contributed by atoms with Gasteiger partial charge in [-0.3, -0.25) is 29.4 Å². The molecule has 3 N–H and O–H groups in total. The molecule has 1 saturated carbocycles. The van der Waals surface area contributed by atoms with E-state index >= 15 is 0 Å². The van der Waals surface area contributed by atoms with E-state index in [1.807, 2.05) is 24.3 Å². The maximum atomic E-state index is 14.0. The number of allylic oxidation sites excluding steroid dienone is 1. The maximum Gasteiger partial charge on any atom is 0.293 e. The van der Waals surface area contributed by atoms with Gasteiger partial charge in [-0.25, -0.2) is 4.21 Å². The molecule has 1 amide bonds. The smallest absolute Gasteiger partial charge is 0.293 e. The maximum absolute atomic E-state index is 14.0. The fraction of sp³-hybridized carbons (Fsp3) is 0.413. The number of halogens is 1. The van der Waals surface area contributed by atoms with Gasteiger partial charge in [0.1, 0.15) is 17.0 Å². The molecule has 2 aliphatic carbocycles. The predicted octanol–water partition coefficient (Wildman–Crippen LogP) is 7.83. The van der Waals surface area contributed by atoms with Gasteiger partial charge in [0.05, 0.1) is 28.1 Å². The van der Waals surface area contributed by atoms with Crippen molar-refractivity contribution < 1.29 is 23.4 Å². The van der Waals surface area contributed by atoms with E-state index in [2.05, 4.69) is 66.1 Å². The molecular weight excluding hydrogens is 842 g/mol. The lowest BCUT2D eigenvalue weighted by molar-refractivity contribution is -0.384. The van der Waals surface area contributed by atoms with Crippen molar-refractivity contribution in [2.24, 2.45) is 5.41 Å². The molecule has 4 aliphatic rings. The van der Waals surface area contributed by atoms with Crippen molar-refractivity contribution in [3.05, 3.63) is 111 Å². The van der Waals surface area contributed by atoms with Gasteiger partial charge in [-0.2, -0.15) is 15.4 Å². The van der Waals surface area contributed by atoms with E-state index < -0.39 is 21.8 Å². The third-order valence-corrected chi connectivity index (χ3v) is 13.9. The highest BCUT2D eigenvalue weighted by Gasteiger charge is 2.34. The summed E-state index contributed by atoms with van der Waals surface area (Å²) < 4.78 is 28.6. The molecule has 1 aromatic heterocycles. The number of para-hydroxylation sites is 1. The minimum atomic E-state index is -2.14. The number of piperazine rings is 1. The van der Waals surface area contributed by atoms with Crippen LogP contribution in [0.3, 0.4) is 0 Å². The first kappa shape index (κ1) is 42.9. The lowest BCUT2D eigenvalue weighted by Gasteiger charge is -2.39. The Kier molecular flexibility index (Phi) is 12.5. The first-order chi connectivity index (χ1) is 30.5. The fourth-order valence-corrected chi connectivity index (χ4v) is 9.84. The van der Waals surface area contributed by atoms with Crippen molar-refractivity contribution in [1.29, 1.82) is 0 Å². The van der Waals surface area contributed by atoms with Crippen LogP contribution in [0.25, 0.3) is 16.6 Å². The van der Waals surface area contributed by atoms with Gasteiger partial charge in [-0.05, 0) is 97.2 Å². The molecule has 63 heavy (non-hydrogen) atoms. The molecule has 2 saturated heterocycles. The number of aromatic nitrogens is 3. The summed E-state index contributed by atoms with van der Waals surface area (Å²) in [6, 6.07) is 23.8. The van der Waals surface area contributed by atoms with Crippen LogP contribution in [0.4, 0.5) is 17.1 Å². The largest absolute Gasteiger partial charge is 0.454 e. The quantitative estimate of drug-likeness (QED) is 0.0731. The highest BCUT2D eigenvalue weighted by Crippen LogP contribution is 2.43. The summed E-state index contributed by atoms with van der Waals surface area (Å²) in [6.45, 7) is 11.5. The molecular formula is C46H52ClN9O6S. The Morgan fingerprint density at radius 2 is 1.83 bits per heavy atom. The number of rotatable bonds is 14. The number of amides is 1. The minimum Gasteiger partial charge on any atom is -0.454 e. The van der Waals surface area contributed by atoms with Crippen LogP contribution in [-0.4, -0.2) is 111 Å². The van der Waals surface area contributed by atoms with Crippen LogP contribution >= 0.6 is 11.6 Å². The predicted molar refractivity (Wildman–Crippen MR) is 245 cm³/mol. The average Bonchev–Trinajstić information content (AvgIpc) is 4.03. The molecule has 0 radical (unpaired) electrons. The fourth-order valence-electron chi connectivity index (χ4n) is 8.91. The number of hydrogen-bond donors (Lipinski definition) is 3. The number of carbonyl (C=O) groups is 1. The normalized spacial score (nSPS) is 20.1. The molecule has 0 spiro atoms. The second kappa shape index (κ2) is 18.4. The van der Waals surface area contributed by atoms with Gasteiger partial charge < -0.3 is 19.7 Å². The zero-order chi connectivity index (χ0) is 43.7. The lowest BCUT2D eigenvalue weighted by Crippen LogP contribution is -2.47. The number of nitro benzene ring substituents is 1. The van der Waals surface area contributed by atoms with Gasteiger partial charge in [-0.15, -0.1) is 0 Å². The number of carbonyl (C=O) groups excluding carboxylic acids is 1. The number of H-pyrrole nitrogens is 1. The molecule has 15 nitrogen and oxygen atoms in total.